The van der Waals surface area contributed by atoms with E-state index in [0.29, 0.717) is 6.54 Å². The fourth-order valence-electron chi connectivity index (χ4n) is 2.56. The number of piperidine rings is 1. The topological polar surface area (TPSA) is 66.6 Å². The molecular weight excluding hydrogens is 228 g/mol. The Kier molecular flexibility index (Phi) is 3.87. The molecule has 1 aliphatic heterocycles. The zero-order chi connectivity index (χ0) is 13.1. The molecule has 1 saturated heterocycles. The standard InChI is InChI=1S/C14H20N2O2/c1-10(17)12-6-2-3-7-13(12)16-8-4-5-11(9-16)14(15)18/h2-3,6-7,10-11,17H,4-5,8-9H2,1H3,(H2,15,18)/t10-,11?/m0/s1. The lowest BCUT2D eigenvalue weighted by Gasteiger charge is -2.34. The normalized spacial score (nSPS) is 21.7. The Balaban J connectivity index is 2.23. The number of anilines is 1. The quantitative estimate of drug-likeness (QED) is 0.850. The van der Waals surface area contributed by atoms with Gasteiger partial charge in [-0.3, -0.25) is 4.79 Å². The summed E-state index contributed by atoms with van der Waals surface area (Å²) in [6.45, 7) is 3.32. The first kappa shape index (κ1) is 12.9. The minimum atomic E-state index is -0.504. The maximum atomic E-state index is 11.3. The summed E-state index contributed by atoms with van der Waals surface area (Å²) in [6.07, 6.45) is 1.32. The number of nitrogens with zero attached hydrogens (tertiary/aromatic N) is 1. The van der Waals surface area contributed by atoms with Crippen LogP contribution in [0, 0.1) is 5.92 Å². The van der Waals surface area contributed by atoms with Crippen molar-refractivity contribution in [3.63, 3.8) is 0 Å². The van der Waals surface area contributed by atoms with Crippen LogP contribution >= 0.6 is 0 Å². The summed E-state index contributed by atoms with van der Waals surface area (Å²) < 4.78 is 0. The average molecular weight is 248 g/mol. The number of rotatable bonds is 3. The average Bonchev–Trinajstić information content (AvgIpc) is 2.39. The van der Waals surface area contributed by atoms with E-state index in [9.17, 15) is 9.90 Å². The summed E-state index contributed by atoms with van der Waals surface area (Å²) in [5.74, 6) is -0.310. The van der Waals surface area contributed by atoms with Gasteiger partial charge in [0.2, 0.25) is 5.91 Å². The molecule has 2 atom stereocenters. The van der Waals surface area contributed by atoms with Crippen LogP contribution in [0.5, 0.6) is 0 Å². The minimum Gasteiger partial charge on any atom is -0.389 e. The predicted molar refractivity (Wildman–Crippen MR) is 71.2 cm³/mol. The van der Waals surface area contributed by atoms with Gasteiger partial charge < -0.3 is 15.7 Å². The number of carbonyl (C=O) groups is 1. The summed E-state index contributed by atoms with van der Waals surface area (Å²) >= 11 is 0. The van der Waals surface area contributed by atoms with Gasteiger partial charge in [0, 0.05) is 24.3 Å². The van der Waals surface area contributed by atoms with Gasteiger partial charge in [0.25, 0.3) is 0 Å². The van der Waals surface area contributed by atoms with Crippen LogP contribution in [0.15, 0.2) is 24.3 Å². The Morgan fingerprint density at radius 2 is 2.22 bits per heavy atom. The van der Waals surface area contributed by atoms with Crippen LogP contribution in [-0.4, -0.2) is 24.1 Å². The number of para-hydroxylation sites is 1. The molecule has 1 unspecified atom stereocenters. The lowest BCUT2D eigenvalue weighted by Crippen LogP contribution is -2.41. The summed E-state index contributed by atoms with van der Waals surface area (Å²) in [5, 5.41) is 9.79. The molecule has 1 fully saturated rings. The number of primary amides is 1. The first-order valence-electron chi connectivity index (χ1n) is 6.41. The van der Waals surface area contributed by atoms with Gasteiger partial charge in [-0.25, -0.2) is 0 Å². The van der Waals surface area contributed by atoms with Gasteiger partial charge in [-0.05, 0) is 25.8 Å². The number of hydrogen-bond acceptors (Lipinski definition) is 3. The van der Waals surface area contributed by atoms with Crippen LogP contribution in [0.4, 0.5) is 5.69 Å². The van der Waals surface area contributed by atoms with E-state index >= 15 is 0 Å². The number of amides is 1. The van der Waals surface area contributed by atoms with Crippen LogP contribution in [0.2, 0.25) is 0 Å². The van der Waals surface area contributed by atoms with Crippen LogP contribution < -0.4 is 10.6 Å². The fraction of sp³-hybridized carbons (Fsp3) is 0.500. The fourth-order valence-corrected chi connectivity index (χ4v) is 2.56. The highest BCUT2D eigenvalue weighted by atomic mass is 16.3. The van der Waals surface area contributed by atoms with Gasteiger partial charge >= 0.3 is 0 Å². The van der Waals surface area contributed by atoms with E-state index in [1.807, 2.05) is 24.3 Å². The molecule has 0 radical (unpaired) electrons. The highest BCUT2D eigenvalue weighted by molar-refractivity contribution is 5.77. The maximum absolute atomic E-state index is 11.3. The van der Waals surface area contributed by atoms with Crippen molar-refractivity contribution in [2.75, 3.05) is 18.0 Å². The molecule has 4 heteroatoms. The highest BCUT2D eigenvalue weighted by Gasteiger charge is 2.25. The summed E-state index contributed by atoms with van der Waals surface area (Å²) in [5.41, 5.74) is 7.31. The van der Waals surface area contributed by atoms with E-state index < -0.39 is 6.10 Å². The SMILES string of the molecule is C[C@H](O)c1ccccc1N1CCCC(C(N)=O)C1. The van der Waals surface area contributed by atoms with Gasteiger partial charge in [-0.2, -0.15) is 0 Å². The second-order valence-corrected chi connectivity index (χ2v) is 4.92. The van der Waals surface area contributed by atoms with Crippen LogP contribution in [0.3, 0.4) is 0 Å². The molecule has 4 nitrogen and oxygen atoms in total. The Bertz CT molecular complexity index is 432. The number of nitrogens with two attached hydrogens (primary N) is 1. The van der Waals surface area contributed by atoms with Crippen molar-refractivity contribution in [3.05, 3.63) is 29.8 Å². The Labute approximate surface area is 107 Å². The molecule has 0 aromatic heterocycles. The van der Waals surface area contributed by atoms with E-state index in [-0.39, 0.29) is 11.8 Å². The molecule has 1 aromatic carbocycles. The highest BCUT2D eigenvalue weighted by Crippen LogP contribution is 2.29. The molecule has 1 heterocycles. The third kappa shape index (κ3) is 2.64. The molecule has 0 saturated carbocycles. The summed E-state index contributed by atoms with van der Waals surface area (Å²) in [6, 6.07) is 7.79. The first-order chi connectivity index (χ1) is 8.59. The van der Waals surface area contributed by atoms with E-state index in [1.54, 1.807) is 6.92 Å². The number of benzene rings is 1. The summed E-state index contributed by atoms with van der Waals surface area (Å²) in [4.78, 5) is 13.4. The first-order valence-corrected chi connectivity index (χ1v) is 6.41. The molecule has 2 rings (SSSR count). The van der Waals surface area contributed by atoms with Crippen molar-refractivity contribution in [2.24, 2.45) is 11.7 Å². The van der Waals surface area contributed by atoms with Gasteiger partial charge in [-0.15, -0.1) is 0 Å². The molecule has 1 amide bonds. The van der Waals surface area contributed by atoms with Crippen molar-refractivity contribution in [1.29, 1.82) is 0 Å². The van der Waals surface area contributed by atoms with Crippen molar-refractivity contribution in [2.45, 2.75) is 25.9 Å². The molecule has 0 aliphatic carbocycles. The number of aliphatic hydroxyl groups is 1. The molecule has 1 aliphatic rings. The summed E-state index contributed by atoms with van der Waals surface area (Å²) in [7, 11) is 0. The van der Waals surface area contributed by atoms with Gasteiger partial charge in [0.1, 0.15) is 0 Å². The Hall–Kier alpha value is -1.55. The van der Waals surface area contributed by atoms with Crippen molar-refractivity contribution >= 4 is 11.6 Å². The Morgan fingerprint density at radius 1 is 1.50 bits per heavy atom. The third-order valence-electron chi connectivity index (χ3n) is 3.55. The van der Waals surface area contributed by atoms with E-state index in [2.05, 4.69) is 4.90 Å². The molecule has 0 bridgehead atoms. The molecule has 98 valence electrons. The number of hydrogen-bond donors (Lipinski definition) is 2. The van der Waals surface area contributed by atoms with Crippen LogP contribution in [-0.2, 0) is 4.79 Å². The lowest BCUT2D eigenvalue weighted by molar-refractivity contribution is -0.122. The van der Waals surface area contributed by atoms with E-state index in [1.165, 1.54) is 0 Å². The van der Waals surface area contributed by atoms with Gasteiger partial charge in [0.15, 0.2) is 0 Å². The van der Waals surface area contributed by atoms with E-state index in [0.717, 1.165) is 30.6 Å². The zero-order valence-corrected chi connectivity index (χ0v) is 10.7. The minimum absolute atomic E-state index is 0.0826. The largest absolute Gasteiger partial charge is 0.389 e. The monoisotopic (exact) mass is 248 g/mol. The van der Waals surface area contributed by atoms with Crippen LogP contribution in [0.1, 0.15) is 31.4 Å². The second-order valence-electron chi connectivity index (χ2n) is 4.92. The van der Waals surface area contributed by atoms with Gasteiger partial charge in [0.05, 0.1) is 12.0 Å². The van der Waals surface area contributed by atoms with Gasteiger partial charge in [-0.1, -0.05) is 18.2 Å². The smallest absolute Gasteiger partial charge is 0.222 e. The lowest BCUT2D eigenvalue weighted by atomic mass is 9.96. The number of aliphatic hydroxyl groups excluding tert-OH is 1. The van der Waals surface area contributed by atoms with Crippen molar-refractivity contribution in [1.82, 2.24) is 0 Å². The van der Waals surface area contributed by atoms with Crippen LogP contribution in [0.25, 0.3) is 0 Å². The van der Waals surface area contributed by atoms with Crippen molar-refractivity contribution < 1.29 is 9.90 Å². The number of carbonyl (C=O) groups excluding carboxylic acids is 1. The molecule has 3 N–H and O–H groups in total. The molecular formula is C14H20N2O2. The Morgan fingerprint density at radius 3 is 2.89 bits per heavy atom. The zero-order valence-electron chi connectivity index (χ0n) is 10.7. The maximum Gasteiger partial charge on any atom is 0.222 e. The molecule has 0 spiro atoms. The molecule has 18 heavy (non-hydrogen) atoms. The second kappa shape index (κ2) is 5.40. The molecule has 1 aromatic rings. The van der Waals surface area contributed by atoms with E-state index in [4.69, 9.17) is 5.73 Å². The van der Waals surface area contributed by atoms with Crippen molar-refractivity contribution in [3.8, 4) is 0 Å². The predicted octanol–water partition coefficient (Wildman–Crippen LogP) is 1.44. The third-order valence-corrected chi connectivity index (χ3v) is 3.55.